The normalized spacial score (nSPS) is 24.5. The maximum Gasteiger partial charge on any atom is 0.0664 e. The second-order valence-electron chi connectivity index (χ2n) is 3.65. The zero-order valence-corrected chi connectivity index (χ0v) is 8.59. The lowest BCUT2D eigenvalue weighted by molar-refractivity contribution is 0.966. The summed E-state index contributed by atoms with van der Waals surface area (Å²) in [4.78, 5) is 4.13. The largest absolute Gasteiger partial charge is 0.256 e. The van der Waals surface area contributed by atoms with E-state index in [0.717, 1.165) is 5.57 Å². The molecule has 1 heterocycles. The minimum atomic E-state index is -2.29. The molecule has 0 N–H and O–H groups in total. The topological polar surface area (TPSA) is 12.9 Å². The first-order valence-corrected chi connectivity index (χ1v) is 4.89. The summed E-state index contributed by atoms with van der Waals surface area (Å²) < 4.78 is 52.6. The fraction of sp³-hybridized carbons (Fsp3) is 0.357. The van der Waals surface area contributed by atoms with Crippen molar-refractivity contribution in [2.24, 2.45) is 0 Å². The number of allylic oxidation sites excluding steroid dienone is 4. The van der Waals surface area contributed by atoms with Gasteiger partial charge in [0.05, 0.1) is 7.06 Å². The fourth-order valence-electron chi connectivity index (χ4n) is 1.50. The zero-order valence-electron chi connectivity index (χ0n) is 15.6. The fourth-order valence-corrected chi connectivity index (χ4v) is 1.50. The van der Waals surface area contributed by atoms with Crippen LogP contribution in [0.3, 0.4) is 0 Å². The van der Waals surface area contributed by atoms with Gasteiger partial charge in [-0.3, -0.25) is 4.98 Å². The van der Waals surface area contributed by atoms with E-state index in [2.05, 4.69) is 4.98 Å². The Kier molecular flexibility index (Phi) is 1.24. The highest BCUT2D eigenvalue weighted by Crippen LogP contribution is 2.25. The Balaban J connectivity index is 2.42. The molecule has 1 aliphatic carbocycles. The van der Waals surface area contributed by atoms with Crippen molar-refractivity contribution in [1.82, 2.24) is 4.98 Å². The molecule has 2 rings (SSSR count). The Morgan fingerprint density at radius 2 is 2.20 bits per heavy atom. The van der Waals surface area contributed by atoms with Crippen LogP contribution in [0.1, 0.15) is 46.1 Å². The smallest absolute Gasteiger partial charge is 0.0664 e. The summed E-state index contributed by atoms with van der Waals surface area (Å²) in [7, 11) is 0. The van der Waals surface area contributed by atoms with Crippen molar-refractivity contribution < 1.29 is 9.60 Å². The second kappa shape index (κ2) is 4.01. The zero-order chi connectivity index (χ0) is 16.7. The molecule has 15 heavy (non-hydrogen) atoms. The number of hydrogen-bond acceptors (Lipinski definition) is 1. The van der Waals surface area contributed by atoms with Gasteiger partial charge in [-0.1, -0.05) is 17.7 Å². The summed E-state index contributed by atoms with van der Waals surface area (Å²) in [5.41, 5.74) is 2.04. The van der Waals surface area contributed by atoms with E-state index in [1.165, 1.54) is 6.20 Å². The van der Waals surface area contributed by atoms with Gasteiger partial charge < -0.3 is 0 Å². The van der Waals surface area contributed by atoms with E-state index in [1.807, 2.05) is 0 Å². The van der Waals surface area contributed by atoms with Gasteiger partial charge in [0.1, 0.15) is 0 Å². The molecule has 0 spiro atoms. The predicted molar refractivity (Wildman–Crippen MR) is 64.7 cm³/mol. The van der Waals surface area contributed by atoms with Gasteiger partial charge in [-0.25, -0.2) is 0 Å². The van der Waals surface area contributed by atoms with E-state index >= 15 is 0 Å². The van der Waals surface area contributed by atoms with Crippen LogP contribution in [-0.4, -0.2) is 4.98 Å². The lowest BCUT2D eigenvalue weighted by Crippen LogP contribution is -1.96. The van der Waals surface area contributed by atoms with Crippen LogP contribution in [0.4, 0.5) is 0 Å². The highest BCUT2D eigenvalue weighted by atomic mass is 14.7. The van der Waals surface area contributed by atoms with Crippen LogP contribution in [0, 0.1) is 13.8 Å². The van der Waals surface area contributed by atoms with Crippen molar-refractivity contribution >= 4 is 5.57 Å². The first kappa shape index (κ1) is 4.65. The average Bonchev–Trinajstić information content (AvgIpc) is 2.39. The van der Waals surface area contributed by atoms with Gasteiger partial charge >= 0.3 is 0 Å². The Bertz CT molecular complexity index is 650. The van der Waals surface area contributed by atoms with E-state index in [0.29, 0.717) is 29.7 Å². The molecule has 0 saturated heterocycles. The third kappa shape index (κ3) is 2.17. The second-order valence-corrected chi connectivity index (χ2v) is 3.65. The van der Waals surface area contributed by atoms with Crippen LogP contribution in [0.5, 0.6) is 0 Å². The van der Waals surface area contributed by atoms with Crippen molar-refractivity contribution in [3.8, 4) is 0 Å². The van der Waals surface area contributed by atoms with E-state index < -0.39 is 13.7 Å². The molecule has 78 valence electrons. The number of nitrogens with zero attached hydrogens (tertiary/aromatic N) is 1. The molecule has 1 nitrogen and oxygen atoms in total. The Morgan fingerprint density at radius 1 is 1.27 bits per heavy atom. The van der Waals surface area contributed by atoms with E-state index in [1.54, 1.807) is 19.1 Å². The van der Waals surface area contributed by atoms with Gasteiger partial charge in [0, 0.05) is 14.4 Å². The van der Waals surface area contributed by atoms with Crippen molar-refractivity contribution in [2.75, 3.05) is 0 Å². The summed E-state index contributed by atoms with van der Waals surface area (Å²) in [6.45, 7) is -2.79. The minimum absolute atomic E-state index is 0.0800. The molecule has 0 unspecified atom stereocenters. The number of aryl methyl sites for hydroxylation is 1. The maximum absolute atomic E-state index is 8.14. The molecule has 0 amide bonds. The maximum atomic E-state index is 8.14. The molecule has 0 atom stereocenters. The quantitative estimate of drug-likeness (QED) is 0.680. The summed E-state index contributed by atoms with van der Waals surface area (Å²) in [6, 6.07) is 0.0885. The Morgan fingerprint density at radius 3 is 2.87 bits per heavy atom. The molecule has 1 heteroatoms. The molecular formula is C14H17N. The van der Waals surface area contributed by atoms with Crippen molar-refractivity contribution in [3.63, 3.8) is 0 Å². The third-order valence-corrected chi connectivity index (χ3v) is 2.49. The Hall–Kier alpha value is -1.37. The summed E-state index contributed by atoms with van der Waals surface area (Å²) in [5, 5.41) is 0. The lowest BCUT2D eigenvalue weighted by atomic mass is 9.96. The summed E-state index contributed by atoms with van der Waals surface area (Å²) >= 11 is 0. The van der Waals surface area contributed by atoms with Crippen LogP contribution >= 0.6 is 0 Å². The van der Waals surface area contributed by atoms with Gasteiger partial charge in [-0.05, 0) is 56.2 Å². The highest BCUT2D eigenvalue weighted by Gasteiger charge is 2.07. The molecular weight excluding hydrogens is 182 g/mol. The van der Waals surface area contributed by atoms with Crippen LogP contribution in [0.25, 0.3) is 5.57 Å². The molecule has 1 aromatic rings. The SMILES string of the molecule is [2H]c1c(C2=CC=C(C([2H])([2H])[2H])CC2)ncc(C([2H])([2H])[2H])c1C. The highest BCUT2D eigenvalue weighted by molar-refractivity contribution is 5.66. The molecule has 0 radical (unpaired) electrons. The van der Waals surface area contributed by atoms with Crippen LogP contribution in [0.2, 0.25) is 0 Å². The van der Waals surface area contributed by atoms with Crippen molar-refractivity contribution in [3.05, 3.63) is 46.8 Å². The molecule has 0 fully saturated rings. The van der Waals surface area contributed by atoms with Crippen LogP contribution in [-0.2, 0) is 0 Å². The Labute approximate surface area is 101 Å². The third-order valence-electron chi connectivity index (χ3n) is 2.49. The van der Waals surface area contributed by atoms with Crippen LogP contribution in [0.15, 0.2) is 30.0 Å². The summed E-state index contributed by atoms with van der Waals surface area (Å²) in [5.74, 6) is 0. The number of rotatable bonds is 1. The molecule has 0 aromatic carbocycles. The van der Waals surface area contributed by atoms with Crippen molar-refractivity contribution in [1.29, 1.82) is 0 Å². The number of pyridine rings is 1. The van der Waals surface area contributed by atoms with Gasteiger partial charge in [0.2, 0.25) is 0 Å². The van der Waals surface area contributed by atoms with Crippen molar-refractivity contribution in [2.45, 2.75) is 33.5 Å². The van der Waals surface area contributed by atoms with E-state index in [9.17, 15) is 0 Å². The molecule has 0 saturated carbocycles. The first-order chi connectivity index (χ1) is 10.0. The standard InChI is InChI=1S/C14H17N/c1-10-4-6-13(7-5-10)14-8-11(2)12(3)9-15-14/h4,6,8-9H,5,7H2,1-3H3/i1D3,3D3,8D. The molecule has 1 aromatic heterocycles. The average molecular weight is 206 g/mol. The monoisotopic (exact) mass is 206 g/mol. The first-order valence-electron chi connectivity index (χ1n) is 8.39. The van der Waals surface area contributed by atoms with E-state index in [4.69, 9.17) is 9.60 Å². The van der Waals surface area contributed by atoms with Gasteiger partial charge in [0.25, 0.3) is 0 Å². The number of hydrogen-bond donors (Lipinski definition) is 0. The van der Waals surface area contributed by atoms with Gasteiger partial charge in [-0.2, -0.15) is 0 Å². The van der Waals surface area contributed by atoms with Gasteiger partial charge in [-0.15, -0.1) is 0 Å². The lowest BCUT2D eigenvalue weighted by Gasteiger charge is -2.12. The molecule has 0 aliphatic heterocycles. The molecule has 1 aliphatic rings. The van der Waals surface area contributed by atoms with Gasteiger partial charge in [0.15, 0.2) is 0 Å². The summed E-state index contributed by atoms with van der Waals surface area (Å²) in [6.07, 6.45) is 5.39. The molecule has 0 bridgehead atoms. The number of aromatic nitrogens is 1. The predicted octanol–water partition coefficient (Wildman–Crippen LogP) is 3.82. The minimum Gasteiger partial charge on any atom is -0.256 e. The van der Waals surface area contributed by atoms with E-state index in [-0.39, 0.29) is 11.6 Å². The van der Waals surface area contributed by atoms with Crippen LogP contribution < -0.4 is 0 Å².